The summed E-state index contributed by atoms with van der Waals surface area (Å²) in [6, 6.07) is 3.66. The summed E-state index contributed by atoms with van der Waals surface area (Å²) in [4.78, 5) is 11.7. The highest BCUT2D eigenvalue weighted by Gasteiger charge is 2.30. The molecule has 0 aliphatic heterocycles. The Labute approximate surface area is 118 Å². The molecule has 1 rings (SSSR count). The van der Waals surface area contributed by atoms with Crippen LogP contribution < -0.4 is 5.32 Å². The molecule has 104 valence electrons. The van der Waals surface area contributed by atoms with Gasteiger partial charge in [0.2, 0.25) is 0 Å². The first kappa shape index (κ1) is 15.9. The van der Waals surface area contributed by atoms with Crippen LogP contribution in [0.4, 0.5) is 13.2 Å². The number of nitrogens with one attached hydrogen (secondary N) is 1. The highest BCUT2D eigenvalue weighted by atomic mass is 35.5. The van der Waals surface area contributed by atoms with E-state index < -0.39 is 23.7 Å². The molecule has 1 aromatic rings. The zero-order valence-electron chi connectivity index (χ0n) is 9.76. The number of alkyl halides is 3. The number of amides is 1. The van der Waals surface area contributed by atoms with Gasteiger partial charge in [-0.1, -0.05) is 29.3 Å². The molecular weight excluding hydrogens is 302 g/mol. The van der Waals surface area contributed by atoms with E-state index >= 15 is 0 Å². The maximum absolute atomic E-state index is 12.5. The number of carbonyl (C=O) groups excluding carboxylic acids is 1. The minimum Gasteiger partial charge on any atom is -0.346 e. The fourth-order valence-electron chi connectivity index (χ4n) is 1.36. The molecule has 0 saturated heterocycles. The van der Waals surface area contributed by atoms with Crippen molar-refractivity contribution in [1.82, 2.24) is 5.32 Å². The molecule has 19 heavy (non-hydrogen) atoms. The van der Waals surface area contributed by atoms with Crippen molar-refractivity contribution in [2.75, 3.05) is 0 Å². The summed E-state index contributed by atoms with van der Waals surface area (Å²) in [5, 5.41) is 2.45. The molecule has 0 bridgehead atoms. The Kier molecular flexibility index (Phi) is 5.26. The van der Waals surface area contributed by atoms with Gasteiger partial charge in [-0.05, 0) is 31.2 Å². The van der Waals surface area contributed by atoms with Gasteiger partial charge in [0.1, 0.15) is 4.49 Å². The third-order valence-electron chi connectivity index (χ3n) is 2.19. The van der Waals surface area contributed by atoms with Gasteiger partial charge in [-0.25, -0.2) is 0 Å². The monoisotopic (exact) mass is 311 g/mol. The number of benzene rings is 1. The third kappa shape index (κ3) is 5.12. The first-order valence-electron chi connectivity index (χ1n) is 5.21. The second-order valence-electron chi connectivity index (χ2n) is 3.80. The smallest absolute Gasteiger partial charge is 0.346 e. The number of rotatable bonds is 3. The lowest BCUT2D eigenvalue weighted by Crippen LogP contribution is -2.31. The van der Waals surface area contributed by atoms with E-state index in [1.807, 2.05) is 0 Å². The summed E-state index contributed by atoms with van der Waals surface area (Å²) in [5.74, 6) is -0.635. The highest BCUT2D eigenvalue weighted by molar-refractivity contribution is 6.55. The molecule has 0 aliphatic carbocycles. The molecule has 2 nitrogen and oxygen atoms in total. The van der Waals surface area contributed by atoms with Crippen molar-refractivity contribution in [2.45, 2.75) is 19.1 Å². The Morgan fingerprint density at radius 3 is 2.53 bits per heavy atom. The Morgan fingerprint density at radius 1 is 1.37 bits per heavy atom. The van der Waals surface area contributed by atoms with E-state index in [0.29, 0.717) is 0 Å². The molecule has 0 spiro atoms. The van der Waals surface area contributed by atoms with E-state index in [2.05, 4.69) is 5.32 Å². The predicted octanol–water partition coefficient (Wildman–Crippen LogP) is 4.14. The van der Waals surface area contributed by atoms with Crippen LogP contribution in [0.3, 0.4) is 0 Å². The number of hydrogen-bond donors (Lipinski definition) is 1. The van der Waals surface area contributed by atoms with Gasteiger partial charge in [-0.2, -0.15) is 13.2 Å². The van der Waals surface area contributed by atoms with Gasteiger partial charge in [0.25, 0.3) is 5.91 Å². The molecule has 1 aromatic carbocycles. The molecule has 1 amide bonds. The summed E-state index contributed by atoms with van der Waals surface area (Å²) in [5.41, 5.74) is -0.959. The maximum Gasteiger partial charge on any atom is 0.416 e. The van der Waals surface area contributed by atoms with Crippen LogP contribution >= 0.6 is 23.2 Å². The zero-order valence-corrected chi connectivity index (χ0v) is 11.3. The fourth-order valence-corrected chi connectivity index (χ4v) is 1.74. The van der Waals surface area contributed by atoms with Gasteiger partial charge in [0.05, 0.1) is 5.56 Å². The van der Waals surface area contributed by atoms with Gasteiger partial charge in [0, 0.05) is 11.6 Å². The average molecular weight is 312 g/mol. The first-order chi connectivity index (χ1) is 8.70. The lowest BCUT2D eigenvalue weighted by molar-refractivity contribution is -0.137. The molecule has 0 saturated carbocycles. The lowest BCUT2D eigenvalue weighted by Gasteiger charge is -2.11. The lowest BCUT2D eigenvalue weighted by atomic mass is 10.1. The summed E-state index contributed by atoms with van der Waals surface area (Å²) in [7, 11) is 0. The molecule has 0 fully saturated rings. The van der Waals surface area contributed by atoms with Crippen LogP contribution in [0.1, 0.15) is 22.8 Å². The van der Waals surface area contributed by atoms with Crippen LogP contribution in [0.15, 0.2) is 34.8 Å². The van der Waals surface area contributed by atoms with E-state index in [1.54, 1.807) is 6.92 Å². The maximum atomic E-state index is 12.5. The van der Waals surface area contributed by atoms with Crippen molar-refractivity contribution < 1.29 is 18.0 Å². The first-order valence-corrected chi connectivity index (χ1v) is 5.96. The molecule has 7 heteroatoms. The topological polar surface area (TPSA) is 29.1 Å². The second-order valence-corrected chi connectivity index (χ2v) is 4.80. The SMILES string of the molecule is CC(C=C(Cl)Cl)NC(=O)c1cccc(C(F)(F)F)c1. The summed E-state index contributed by atoms with van der Waals surface area (Å²) in [6.07, 6.45) is -3.13. The minimum absolute atomic E-state index is 0.0307. The van der Waals surface area contributed by atoms with Crippen LogP contribution in [0.5, 0.6) is 0 Å². The van der Waals surface area contributed by atoms with Crippen LogP contribution in [0, 0.1) is 0 Å². The fraction of sp³-hybridized carbons (Fsp3) is 0.250. The summed E-state index contributed by atoms with van der Waals surface area (Å²) < 4.78 is 37.4. The van der Waals surface area contributed by atoms with Crippen molar-refractivity contribution in [3.63, 3.8) is 0 Å². The third-order valence-corrected chi connectivity index (χ3v) is 2.44. The molecule has 1 atom stereocenters. The highest BCUT2D eigenvalue weighted by Crippen LogP contribution is 2.29. The van der Waals surface area contributed by atoms with Crippen LogP contribution in [0.2, 0.25) is 0 Å². The van der Waals surface area contributed by atoms with E-state index in [-0.39, 0.29) is 10.1 Å². The van der Waals surface area contributed by atoms with Gasteiger partial charge in [0.15, 0.2) is 0 Å². The second kappa shape index (κ2) is 6.30. The molecule has 0 aromatic heterocycles. The predicted molar refractivity (Wildman–Crippen MR) is 68.2 cm³/mol. The number of carbonyl (C=O) groups is 1. The minimum atomic E-state index is -4.48. The van der Waals surface area contributed by atoms with Gasteiger partial charge in [-0.15, -0.1) is 0 Å². The van der Waals surface area contributed by atoms with Gasteiger partial charge < -0.3 is 5.32 Å². The Balaban J connectivity index is 2.86. The zero-order chi connectivity index (χ0) is 14.6. The van der Waals surface area contributed by atoms with Gasteiger partial charge >= 0.3 is 6.18 Å². The van der Waals surface area contributed by atoms with Crippen molar-refractivity contribution in [3.8, 4) is 0 Å². The van der Waals surface area contributed by atoms with Crippen LogP contribution in [0.25, 0.3) is 0 Å². The van der Waals surface area contributed by atoms with E-state index in [4.69, 9.17) is 23.2 Å². The van der Waals surface area contributed by atoms with Crippen molar-refractivity contribution in [1.29, 1.82) is 0 Å². The van der Waals surface area contributed by atoms with Crippen molar-refractivity contribution >= 4 is 29.1 Å². The molecule has 1 unspecified atom stereocenters. The summed E-state index contributed by atoms with van der Waals surface area (Å²) in [6.45, 7) is 1.59. The van der Waals surface area contributed by atoms with E-state index in [1.165, 1.54) is 18.2 Å². The van der Waals surface area contributed by atoms with Gasteiger partial charge in [-0.3, -0.25) is 4.79 Å². The largest absolute Gasteiger partial charge is 0.416 e. The molecular formula is C12H10Cl2F3NO. The molecule has 0 heterocycles. The number of halogens is 5. The van der Waals surface area contributed by atoms with Crippen LogP contribution in [-0.2, 0) is 6.18 Å². The Morgan fingerprint density at radius 2 is 2.00 bits per heavy atom. The van der Waals surface area contributed by atoms with Crippen molar-refractivity contribution in [3.05, 3.63) is 46.0 Å². The average Bonchev–Trinajstić information content (AvgIpc) is 2.26. The van der Waals surface area contributed by atoms with Crippen molar-refractivity contribution in [2.24, 2.45) is 0 Å². The standard InChI is InChI=1S/C12H10Cl2F3NO/c1-7(5-10(13)14)18-11(19)8-3-2-4-9(6-8)12(15,16)17/h2-7H,1H3,(H,18,19). The Bertz CT molecular complexity index is 496. The molecule has 0 radical (unpaired) electrons. The molecule has 0 aliphatic rings. The summed E-state index contributed by atoms with van der Waals surface area (Å²) >= 11 is 10.8. The van der Waals surface area contributed by atoms with E-state index in [0.717, 1.165) is 12.1 Å². The normalized spacial score (nSPS) is 12.7. The Hall–Kier alpha value is -1.20. The quantitative estimate of drug-likeness (QED) is 0.893. The number of hydrogen-bond acceptors (Lipinski definition) is 1. The molecule has 1 N–H and O–H groups in total. The van der Waals surface area contributed by atoms with Crippen LogP contribution in [-0.4, -0.2) is 11.9 Å². The van der Waals surface area contributed by atoms with E-state index in [9.17, 15) is 18.0 Å².